The zero-order valence-corrected chi connectivity index (χ0v) is 8.10. The van der Waals surface area contributed by atoms with Crippen LogP contribution in [0.4, 0.5) is 0 Å². The van der Waals surface area contributed by atoms with Crippen molar-refractivity contribution in [3.63, 3.8) is 0 Å². The van der Waals surface area contributed by atoms with E-state index in [2.05, 4.69) is 0 Å². The van der Waals surface area contributed by atoms with Crippen molar-refractivity contribution in [2.24, 2.45) is 0 Å². The molecule has 1 heterocycles. The van der Waals surface area contributed by atoms with Crippen molar-refractivity contribution >= 4 is 11.3 Å². The first-order chi connectivity index (χ1) is 6.27. The van der Waals surface area contributed by atoms with Gasteiger partial charge in [-0.25, -0.2) is 0 Å². The zero-order valence-electron chi connectivity index (χ0n) is 7.28. The largest absolute Gasteiger partial charge is 0.264 e. The van der Waals surface area contributed by atoms with Gasteiger partial charge in [0.15, 0.2) is 0 Å². The standard InChI is InChI=1S/C9H11NO2S/c11-10(12)5-7-6-13-9-4-2-1-3-8(7)9/h6H,1-5H2. The number of nitrogens with zero attached hydrogens (tertiary/aromatic N) is 1. The molecule has 13 heavy (non-hydrogen) atoms. The van der Waals surface area contributed by atoms with Gasteiger partial charge in [-0.1, -0.05) is 0 Å². The molecule has 0 bridgehead atoms. The van der Waals surface area contributed by atoms with Gasteiger partial charge in [0.25, 0.3) is 0 Å². The Morgan fingerprint density at radius 3 is 3.00 bits per heavy atom. The Bertz CT molecular complexity index is 332. The van der Waals surface area contributed by atoms with E-state index in [9.17, 15) is 10.1 Å². The Morgan fingerprint density at radius 1 is 1.46 bits per heavy atom. The summed E-state index contributed by atoms with van der Waals surface area (Å²) in [5.74, 6) is 0. The third-order valence-corrected chi connectivity index (χ3v) is 3.59. The molecule has 0 atom stereocenters. The van der Waals surface area contributed by atoms with Crippen molar-refractivity contribution in [3.8, 4) is 0 Å². The minimum atomic E-state index is -0.239. The summed E-state index contributed by atoms with van der Waals surface area (Å²) in [7, 11) is 0. The molecule has 0 aromatic carbocycles. The van der Waals surface area contributed by atoms with Crippen molar-refractivity contribution in [2.45, 2.75) is 32.2 Å². The van der Waals surface area contributed by atoms with Crippen LogP contribution in [0.5, 0.6) is 0 Å². The van der Waals surface area contributed by atoms with Crippen LogP contribution in [0.1, 0.15) is 28.8 Å². The molecule has 0 spiro atoms. The van der Waals surface area contributed by atoms with Crippen LogP contribution in [0.25, 0.3) is 0 Å². The van der Waals surface area contributed by atoms with Crippen molar-refractivity contribution in [3.05, 3.63) is 31.5 Å². The first-order valence-electron chi connectivity index (χ1n) is 4.47. The number of rotatable bonds is 2. The molecule has 2 rings (SSSR count). The van der Waals surface area contributed by atoms with Crippen LogP contribution >= 0.6 is 11.3 Å². The van der Waals surface area contributed by atoms with Crippen LogP contribution in [0.2, 0.25) is 0 Å². The minimum Gasteiger partial charge on any atom is -0.264 e. The summed E-state index contributed by atoms with van der Waals surface area (Å²) >= 11 is 1.69. The van der Waals surface area contributed by atoms with Crippen LogP contribution in [0.3, 0.4) is 0 Å². The van der Waals surface area contributed by atoms with E-state index in [1.807, 2.05) is 5.38 Å². The third-order valence-electron chi connectivity index (χ3n) is 2.45. The molecular formula is C9H11NO2S. The van der Waals surface area contributed by atoms with Crippen molar-refractivity contribution in [2.75, 3.05) is 0 Å². The maximum atomic E-state index is 10.4. The second-order valence-corrected chi connectivity index (χ2v) is 4.32. The molecule has 0 amide bonds. The first kappa shape index (κ1) is 8.69. The van der Waals surface area contributed by atoms with E-state index < -0.39 is 0 Å². The Labute approximate surface area is 80.5 Å². The molecule has 0 N–H and O–H groups in total. The quantitative estimate of drug-likeness (QED) is 0.539. The van der Waals surface area contributed by atoms with Crippen LogP contribution in [0, 0.1) is 10.1 Å². The predicted octanol–water partition coefficient (Wildman–Crippen LogP) is 2.40. The number of thiophene rings is 1. The number of aryl methyl sites for hydroxylation is 1. The molecule has 0 saturated heterocycles. The average molecular weight is 197 g/mol. The fraction of sp³-hybridized carbons (Fsp3) is 0.556. The highest BCUT2D eigenvalue weighted by atomic mass is 32.1. The number of fused-ring (bicyclic) bond motifs is 1. The fourth-order valence-electron chi connectivity index (χ4n) is 1.83. The van der Waals surface area contributed by atoms with Gasteiger partial charge in [-0.2, -0.15) is 0 Å². The van der Waals surface area contributed by atoms with E-state index in [1.54, 1.807) is 11.3 Å². The topological polar surface area (TPSA) is 43.1 Å². The van der Waals surface area contributed by atoms with E-state index in [4.69, 9.17) is 0 Å². The molecule has 0 unspecified atom stereocenters. The molecule has 0 fully saturated rings. The molecule has 4 heteroatoms. The van der Waals surface area contributed by atoms with Crippen molar-refractivity contribution < 1.29 is 4.92 Å². The van der Waals surface area contributed by atoms with E-state index >= 15 is 0 Å². The lowest BCUT2D eigenvalue weighted by Gasteiger charge is -2.10. The smallest absolute Gasteiger partial charge is 0.230 e. The second-order valence-electron chi connectivity index (χ2n) is 3.36. The minimum absolute atomic E-state index is 0.00579. The highest BCUT2D eigenvalue weighted by Gasteiger charge is 2.17. The lowest BCUT2D eigenvalue weighted by atomic mass is 9.96. The Kier molecular flexibility index (Phi) is 2.31. The third kappa shape index (κ3) is 1.72. The number of hydrogen-bond acceptors (Lipinski definition) is 3. The molecule has 0 saturated carbocycles. The lowest BCUT2D eigenvalue weighted by Crippen LogP contribution is -2.04. The number of nitro groups is 1. The Morgan fingerprint density at radius 2 is 2.23 bits per heavy atom. The summed E-state index contributed by atoms with van der Waals surface area (Å²) in [6.45, 7) is 0.00579. The summed E-state index contributed by atoms with van der Waals surface area (Å²) in [6, 6.07) is 0. The molecule has 3 nitrogen and oxygen atoms in total. The van der Waals surface area contributed by atoms with Gasteiger partial charge in [0.1, 0.15) is 0 Å². The highest BCUT2D eigenvalue weighted by Crippen LogP contribution is 2.30. The van der Waals surface area contributed by atoms with Crippen LogP contribution in [0.15, 0.2) is 5.38 Å². The molecule has 70 valence electrons. The van der Waals surface area contributed by atoms with Gasteiger partial charge >= 0.3 is 0 Å². The van der Waals surface area contributed by atoms with Gasteiger partial charge in [-0.3, -0.25) is 10.1 Å². The Balaban J connectivity index is 2.26. The van der Waals surface area contributed by atoms with E-state index in [1.165, 1.54) is 23.3 Å². The molecule has 0 radical (unpaired) electrons. The van der Waals surface area contributed by atoms with Crippen molar-refractivity contribution in [1.82, 2.24) is 0 Å². The predicted molar refractivity (Wildman–Crippen MR) is 51.7 cm³/mol. The monoisotopic (exact) mass is 197 g/mol. The lowest BCUT2D eigenvalue weighted by molar-refractivity contribution is -0.496. The van der Waals surface area contributed by atoms with Gasteiger partial charge in [0.05, 0.1) is 0 Å². The molecule has 0 aliphatic heterocycles. The molecule has 1 aliphatic carbocycles. The molecule has 1 aromatic heterocycles. The second kappa shape index (κ2) is 3.46. The fourth-order valence-corrected chi connectivity index (χ4v) is 2.97. The zero-order chi connectivity index (χ0) is 9.26. The molecule has 1 aliphatic rings. The summed E-state index contributed by atoms with van der Waals surface area (Å²) in [6.07, 6.45) is 4.60. The summed E-state index contributed by atoms with van der Waals surface area (Å²) in [5, 5.41) is 12.3. The maximum Gasteiger partial charge on any atom is 0.230 e. The van der Waals surface area contributed by atoms with Gasteiger partial charge in [-0.05, 0) is 31.2 Å². The average Bonchev–Trinajstić information content (AvgIpc) is 2.48. The summed E-state index contributed by atoms with van der Waals surface area (Å²) in [4.78, 5) is 11.5. The van der Waals surface area contributed by atoms with Crippen LogP contribution in [-0.2, 0) is 19.4 Å². The first-order valence-corrected chi connectivity index (χ1v) is 5.35. The van der Waals surface area contributed by atoms with Crippen LogP contribution in [-0.4, -0.2) is 4.92 Å². The maximum absolute atomic E-state index is 10.4. The highest BCUT2D eigenvalue weighted by molar-refractivity contribution is 7.10. The molecule has 1 aromatic rings. The SMILES string of the molecule is O=[N+]([O-])Cc1csc2c1CCCC2. The van der Waals surface area contributed by atoms with Gasteiger partial charge in [-0.15, -0.1) is 11.3 Å². The number of hydrogen-bond donors (Lipinski definition) is 0. The Hall–Kier alpha value is -0.900. The van der Waals surface area contributed by atoms with E-state index in [-0.39, 0.29) is 11.5 Å². The van der Waals surface area contributed by atoms with E-state index in [0.29, 0.717) is 0 Å². The van der Waals surface area contributed by atoms with Crippen molar-refractivity contribution in [1.29, 1.82) is 0 Å². The normalized spacial score (nSPS) is 15.4. The van der Waals surface area contributed by atoms with Gasteiger partial charge in [0.2, 0.25) is 6.54 Å². The molecular weight excluding hydrogens is 186 g/mol. The van der Waals surface area contributed by atoms with Gasteiger partial charge < -0.3 is 0 Å². The van der Waals surface area contributed by atoms with Gasteiger partial charge in [0, 0.05) is 20.7 Å². The summed E-state index contributed by atoms with van der Waals surface area (Å²) in [5.41, 5.74) is 2.22. The summed E-state index contributed by atoms with van der Waals surface area (Å²) < 4.78 is 0. The van der Waals surface area contributed by atoms with E-state index in [0.717, 1.165) is 18.4 Å². The van der Waals surface area contributed by atoms with Crippen LogP contribution < -0.4 is 0 Å².